The molecule has 6 nitrogen and oxygen atoms in total. The van der Waals surface area contributed by atoms with Gasteiger partial charge in [-0.15, -0.1) is 10.2 Å². The molecule has 1 saturated heterocycles. The smallest absolute Gasteiger partial charge is 0.253 e. The zero-order valence-corrected chi connectivity index (χ0v) is 15.9. The lowest BCUT2D eigenvalue weighted by molar-refractivity contribution is -0.0337. The van der Waals surface area contributed by atoms with Gasteiger partial charge in [0.05, 0.1) is 0 Å². The Morgan fingerprint density at radius 3 is 2.74 bits per heavy atom. The number of hydrogen-bond acceptors (Lipinski definition) is 6. The largest absolute Gasteiger partial charge is 0.487 e. The first-order valence-electron chi connectivity index (χ1n) is 10.2. The van der Waals surface area contributed by atoms with Crippen LogP contribution >= 0.6 is 0 Å². The highest BCUT2D eigenvalue weighted by Gasteiger charge is 2.41. The highest BCUT2D eigenvalue weighted by Crippen LogP contribution is 2.41. The summed E-state index contributed by atoms with van der Waals surface area (Å²) in [6.07, 6.45) is 8.65. The molecule has 6 heteroatoms. The van der Waals surface area contributed by atoms with Crippen molar-refractivity contribution in [3.8, 4) is 11.5 Å². The molecule has 0 amide bonds. The summed E-state index contributed by atoms with van der Waals surface area (Å²) in [5.74, 6) is 2.91. The summed E-state index contributed by atoms with van der Waals surface area (Å²) in [6, 6.07) is 6.98. The number of benzene rings is 1. The summed E-state index contributed by atoms with van der Waals surface area (Å²) in [7, 11) is 0. The van der Waals surface area contributed by atoms with E-state index in [0.717, 1.165) is 43.2 Å². The zero-order valence-electron chi connectivity index (χ0n) is 15.9. The molecule has 0 atom stereocenters. The number of ether oxygens (including phenoxy) is 2. The third-order valence-corrected chi connectivity index (χ3v) is 6.44. The molecule has 2 fully saturated rings. The van der Waals surface area contributed by atoms with Crippen molar-refractivity contribution >= 4 is 0 Å². The van der Waals surface area contributed by atoms with E-state index in [-0.39, 0.29) is 5.60 Å². The van der Waals surface area contributed by atoms with E-state index in [1.54, 1.807) is 6.92 Å². The Morgan fingerprint density at radius 1 is 1.19 bits per heavy atom. The fourth-order valence-corrected chi connectivity index (χ4v) is 4.53. The van der Waals surface area contributed by atoms with Crippen LogP contribution in [-0.4, -0.2) is 39.8 Å². The Morgan fingerprint density at radius 2 is 2.04 bits per heavy atom. The van der Waals surface area contributed by atoms with Gasteiger partial charge in [0, 0.05) is 26.1 Å². The third kappa shape index (κ3) is 3.43. The Kier molecular flexibility index (Phi) is 4.31. The highest BCUT2D eigenvalue weighted by atomic mass is 16.5. The van der Waals surface area contributed by atoms with Gasteiger partial charge >= 0.3 is 0 Å². The van der Waals surface area contributed by atoms with Crippen LogP contribution in [0.25, 0.3) is 0 Å². The lowest BCUT2D eigenvalue weighted by Crippen LogP contribution is -2.53. The molecule has 3 heterocycles. The first-order valence-corrected chi connectivity index (χ1v) is 10.2. The Balaban J connectivity index is 1.21. The van der Waals surface area contributed by atoms with Gasteiger partial charge in [-0.2, -0.15) is 0 Å². The maximum absolute atomic E-state index is 6.54. The SMILES string of the molecule is Cc1nnc(COc2ccc3c(c2)CCC2(CCN(C4CCC4)CC2)O3)o1. The Labute approximate surface area is 159 Å². The van der Waals surface area contributed by atoms with Crippen molar-refractivity contribution in [2.75, 3.05) is 13.1 Å². The van der Waals surface area contributed by atoms with E-state index in [0.29, 0.717) is 18.4 Å². The summed E-state index contributed by atoms with van der Waals surface area (Å²) in [4.78, 5) is 2.68. The predicted molar refractivity (Wildman–Crippen MR) is 99.9 cm³/mol. The van der Waals surface area contributed by atoms with Crippen LogP contribution in [0, 0.1) is 6.92 Å². The molecule has 2 aromatic rings. The minimum Gasteiger partial charge on any atom is -0.487 e. The average Bonchev–Trinajstić information content (AvgIpc) is 3.06. The Bertz CT molecular complexity index is 807. The fourth-order valence-electron chi connectivity index (χ4n) is 4.53. The molecule has 1 saturated carbocycles. The normalized spacial score (nSPS) is 22.1. The van der Waals surface area contributed by atoms with Gasteiger partial charge in [0.15, 0.2) is 6.61 Å². The summed E-state index contributed by atoms with van der Waals surface area (Å²) in [6.45, 7) is 4.44. The zero-order chi connectivity index (χ0) is 18.3. The summed E-state index contributed by atoms with van der Waals surface area (Å²) < 4.78 is 17.7. The average molecular weight is 369 g/mol. The second kappa shape index (κ2) is 6.82. The molecule has 0 unspecified atom stereocenters. The molecule has 1 aromatic carbocycles. The van der Waals surface area contributed by atoms with E-state index < -0.39 is 0 Å². The topological polar surface area (TPSA) is 60.6 Å². The molecule has 1 aliphatic carbocycles. The number of piperidine rings is 1. The first kappa shape index (κ1) is 17.0. The van der Waals surface area contributed by atoms with Crippen LogP contribution in [0.5, 0.6) is 11.5 Å². The molecule has 2 aliphatic heterocycles. The lowest BCUT2D eigenvalue weighted by Gasteiger charge is -2.48. The number of rotatable bonds is 4. The molecule has 0 bridgehead atoms. The van der Waals surface area contributed by atoms with E-state index in [4.69, 9.17) is 13.9 Å². The monoisotopic (exact) mass is 369 g/mol. The standard InChI is InChI=1S/C21H27N3O3/c1-15-22-23-20(26-15)14-25-18-5-6-19-16(13-18)7-8-21(27-19)9-11-24(12-10-21)17-3-2-4-17/h5-6,13,17H,2-4,7-12,14H2,1H3. The predicted octanol–water partition coefficient (Wildman–Crippen LogP) is 3.67. The van der Waals surface area contributed by atoms with E-state index in [9.17, 15) is 0 Å². The second-order valence-corrected chi connectivity index (χ2v) is 8.18. The molecule has 3 aliphatic rings. The van der Waals surface area contributed by atoms with Crippen LogP contribution in [0.3, 0.4) is 0 Å². The van der Waals surface area contributed by atoms with Gasteiger partial charge in [0.25, 0.3) is 5.89 Å². The van der Waals surface area contributed by atoms with Crippen molar-refractivity contribution in [2.24, 2.45) is 0 Å². The van der Waals surface area contributed by atoms with Crippen molar-refractivity contribution in [1.29, 1.82) is 0 Å². The Hall–Kier alpha value is -2.08. The quantitative estimate of drug-likeness (QED) is 0.819. The second-order valence-electron chi connectivity index (χ2n) is 8.18. The molecular formula is C21H27N3O3. The molecule has 1 spiro atoms. The number of aryl methyl sites for hydroxylation is 2. The van der Waals surface area contributed by atoms with Gasteiger partial charge in [0.1, 0.15) is 17.1 Å². The highest BCUT2D eigenvalue weighted by molar-refractivity contribution is 5.42. The van der Waals surface area contributed by atoms with Crippen LogP contribution in [-0.2, 0) is 13.0 Å². The van der Waals surface area contributed by atoms with Gasteiger partial charge in [-0.3, -0.25) is 0 Å². The van der Waals surface area contributed by atoms with Gasteiger partial charge in [-0.05, 0) is 62.3 Å². The van der Waals surface area contributed by atoms with Crippen LogP contribution in [0.15, 0.2) is 22.6 Å². The first-order chi connectivity index (χ1) is 13.2. The molecule has 1 aromatic heterocycles. The van der Waals surface area contributed by atoms with Gasteiger partial charge in [-0.25, -0.2) is 0 Å². The molecule has 5 rings (SSSR count). The number of hydrogen-bond donors (Lipinski definition) is 0. The molecule has 27 heavy (non-hydrogen) atoms. The third-order valence-electron chi connectivity index (χ3n) is 6.44. The van der Waals surface area contributed by atoms with Crippen molar-refractivity contribution in [1.82, 2.24) is 15.1 Å². The summed E-state index contributed by atoms with van der Waals surface area (Å²) in [5, 5.41) is 7.79. The van der Waals surface area contributed by atoms with Crippen LogP contribution in [0.4, 0.5) is 0 Å². The molecular weight excluding hydrogens is 342 g/mol. The molecule has 0 N–H and O–H groups in total. The van der Waals surface area contributed by atoms with Crippen molar-refractivity contribution < 1.29 is 13.9 Å². The van der Waals surface area contributed by atoms with E-state index in [1.807, 2.05) is 6.07 Å². The summed E-state index contributed by atoms with van der Waals surface area (Å²) >= 11 is 0. The van der Waals surface area contributed by atoms with Crippen LogP contribution < -0.4 is 9.47 Å². The van der Waals surface area contributed by atoms with E-state index in [2.05, 4.69) is 27.2 Å². The maximum atomic E-state index is 6.54. The number of nitrogens with zero attached hydrogens (tertiary/aromatic N) is 3. The van der Waals surface area contributed by atoms with Crippen LogP contribution in [0.1, 0.15) is 55.9 Å². The van der Waals surface area contributed by atoms with Gasteiger partial charge < -0.3 is 18.8 Å². The molecule has 144 valence electrons. The number of fused-ring (bicyclic) bond motifs is 1. The van der Waals surface area contributed by atoms with Gasteiger partial charge in [0.2, 0.25) is 5.89 Å². The molecule has 0 radical (unpaired) electrons. The fraction of sp³-hybridized carbons (Fsp3) is 0.619. The van der Waals surface area contributed by atoms with Crippen molar-refractivity contribution in [2.45, 2.75) is 70.1 Å². The van der Waals surface area contributed by atoms with Gasteiger partial charge in [-0.1, -0.05) is 6.42 Å². The van der Waals surface area contributed by atoms with Crippen molar-refractivity contribution in [3.05, 3.63) is 35.5 Å². The summed E-state index contributed by atoms with van der Waals surface area (Å²) in [5.41, 5.74) is 1.28. The minimum atomic E-state index is 0.0386. The maximum Gasteiger partial charge on any atom is 0.253 e. The lowest BCUT2D eigenvalue weighted by atomic mass is 9.81. The van der Waals surface area contributed by atoms with Crippen LogP contribution in [0.2, 0.25) is 0 Å². The minimum absolute atomic E-state index is 0.0386. The van der Waals surface area contributed by atoms with Crippen molar-refractivity contribution in [3.63, 3.8) is 0 Å². The van der Waals surface area contributed by atoms with E-state index in [1.165, 1.54) is 37.9 Å². The number of likely N-dealkylation sites (tertiary alicyclic amines) is 1. The van der Waals surface area contributed by atoms with E-state index >= 15 is 0 Å². The number of aromatic nitrogens is 2.